The Hall–Kier alpha value is 0.290. The van der Waals surface area contributed by atoms with Crippen molar-refractivity contribution in [2.75, 3.05) is 0 Å². The molecule has 10 heavy (non-hydrogen) atoms. The lowest BCUT2D eigenvalue weighted by Gasteiger charge is -2.10. The molecule has 0 bridgehead atoms. The summed E-state index contributed by atoms with van der Waals surface area (Å²) in [5, 5.41) is 0. The Kier molecular flexibility index (Phi) is 4.35. The highest BCUT2D eigenvalue weighted by Crippen LogP contribution is 2.05. The van der Waals surface area contributed by atoms with Gasteiger partial charge in [-0.15, -0.1) is 0 Å². The molecule has 0 saturated carbocycles. The lowest BCUT2D eigenvalue weighted by Crippen LogP contribution is -2.14. The Morgan fingerprint density at radius 3 is 2.10 bits per heavy atom. The van der Waals surface area contributed by atoms with Gasteiger partial charge in [0.15, 0.2) is 0 Å². The van der Waals surface area contributed by atoms with Crippen molar-refractivity contribution in [3.8, 4) is 0 Å². The van der Waals surface area contributed by atoms with Gasteiger partial charge in [-0.05, 0) is 12.8 Å². The van der Waals surface area contributed by atoms with Crippen molar-refractivity contribution in [2.24, 2.45) is 0 Å². The first-order valence-electron chi connectivity index (χ1n) is 3.15. The molecule has 1 unspecified atom stereocenters. The molecule has 0 aliphatic carbocycles. The molecule has 0 saturated heterocycles. The summed E-state index contributed by atoms with van der Waals surface area (Å²) in [5.41, 5.74) is 0. The molecule has 0 fully saturated rings. The van der Waals surface area contributed by atoms with Crippen molar-refractivity contribution in [3.63, 3.8) is 0 Å². The smallest absolute Gasteiger partial charge is 0.266 e. The van der Waals surface area contributed by atoms with Crippen molar-refractivity contribution in [1.29, 1.82) is 0 Å². The normalized spacial score (nSPS) is 17.2. The standard InChI is InChI=1S/C5H12O3S2/c1-3-5(4-2)8-10(6,7)9/h5H,3-4H2,1-2H3,(H,6,7,9). The van der Waals surface area contributed by atoms with Gasteiger partial charge in [0, 0.05) is 11.2 Å². The minimum atomic E-state index is -3.41. The van der Waals surface area contributed by atoms with Crippen LogP contribution in [0.5, 0.6) is 0 Å². The number of hydrogen-bond donors (Lipinski definition) is 1. The van der Waals surface area contributed by atoms with E-state index in [1.54, 1.807) is 0 Å². The fourth-order valence-electron chi connectivity index (χ4n) is 0.597. The molecule has 3 nitrogen and oxygen atoms in total. The highest BCUT2D eigenvalue weighted by molar-refractivity contribution is 8.27. The maximum absolute atomic E-state index is 10.5. The molecule has 0 spiro atoms. The molecular formula is C5H12O3S2. The van der Waals surface area contributed by atoms with Crippen LogP contribution in [0, 0.1) is 0 Å². The zero-order chi connectivity index (χ0) is 8.20. The molecule has 0 aromatic carbocycles. The molecule has 0 radical (unpaired) electrons. The summed E-state index contributed by atoms with van der Waals surface area (Å²) < 4.78 is 23.7. The van der Waals surface area contributed by atoms with Gasteiger partial charge in [0.25, 0.3) is 9.05 Å². The van der Waals surface area contributed by atoms with Gasteiger partial charge < -0.3 is 0 Å². The molecular weight excluding hydrogens is 172 g/mol. The van der Waals surface area contributed by atoms with Crippen LogP contribution in [0.1, 0.15) is 26.7 Å². The van der Waals surface area contributed by atoms with Crippen LogP contribution in [0.15, 0.2) is 0 Å². The van der Waals surface area contributed by atoms with Crippen molar-refractivity contribution in [3.05, 3.63) is 0 Å². The largest absolute Gasteiger partial charge is 0.285 e. The summed E-state index contributed by atoms with van der Waals surface area (Å²) in [6.07, 6.45) is 1.24. The second kappa shape index (κ2) is 4.23. The van der Waals surface area contributed by atoms with E-state index in [4.69, 9.17) is 4.55 Å². The van der Waals surface area contributed by atoms with Crippen molar-refractivity contribution in [2.45, 2.75) is 32.8 Å². The first-order valence-corrected chi connectivity index (χ1v) is 5.51. The number of rotatable bonds is 4. The van der Waals surface area contributed by atoms with Gasteiger partial charge in [-0.3, -0.25) is 8.74 Å². The average Bonchev–Trinajstić information content (AvgIpc) is 1.81. The SMILES string of the molecule is CCC(CC)OS(=O)(O)=S. The molecule has 0 rings (SSSR count). The van der Waals surface area contributed by atoms with Crippen LogP contribution in [0.25, 0.3) is 0 Å². The van der Waals surface area contributed by atoms with Crippen LogP contribution in [-0.4, -0.2) is 14.9 Å². The van der Waals surface area contributed by atoms with E-state index in [1.807, 2.05) is 13.8 Å². The Bertz CT molecular complexity index is 169. The molecule has 0 heterocycles. The van der Waals surface area contributed by atoms with Gasteiger partial charge in [0.05, 0.1) is 6.10 Å². The van der Waals surface area contributed by atoms with Gasteiger partial charge >= 0.3 is 0 Å². The van der Waals surface area contributed by atoms with E-state index in [9.17, 15) is 4.21 Å². The summed E-state index contributed by atoms with van der Waals surface area (Å²) >= 11 is 4.15. The van der Waals surface area contributed by atoms with Crippen LogP contribution in [0.2, 0.25) is 0 Å². The second-order valence-electron chi connectivity index (χ2n) is 1.96. The Morgan fingerprint density at radius 1 is 1.60 bits per heavy atom. The van der Waals surface area contributed by atoms with Crippen LogP contribution < -0.4 is 0 Å². The van der Waals surface area contributed by atoms with Gasteiger partial charge in [0.1, 0.15) is 0 Å². The monoisotopic (exact) mass is 184 g/mol. The molecule has 0 aromatic heterocycles. The minimum absolute atomic E-state index is 0.185. The Labute approximate surface area is 66.5 Å². The Balaban J connectivity index is 3.87. The predicted molar refractivity (Wildman–Crippen MR) is 43.6 cm³/mol. The molecule has 0 aliphatic heterocycles. The third kappa shape index (κ3) is 5.10. The Morgan fingerprint density at radius 2 is 2.00 bits per heavy atom. The summed E-state index contributed by atoms with van der Waals surface area (Å²) in [4.78, 5) is 0. The van der Waals surface area contributed by atoms with E-state index in [1.165, 1.54) is 0 Å². The second-order valence-corrected chi connectivity index (χ2v) is 4.27. The molecule has 0 aromatic rings. The maximum Gasteiger partial charge on any atom is 0.266 e. The van der Waals surface area contributed by atoms with E-state index < -0.39 is 9.05 Å². The third-order valence-electron chi connectivity index (χ3n) is 1.17. The quantitative estimate of drug-likeness (QED) is 0.716. The lowest BCUT2D eigenvalue weighted by atomic mass is 10.2. The van der Waals surface area contributed by atoms with E-state index in [0.717, 1.165) is 0 Å². The molecule has 62 valence electrons. The van der Waals surface area contributed by atoms with Crippen LogP contribution in [0.4, 0.5) is 0 Å². The van der Waals surface area contributed by atoms with E-state index in [0.29, 0.717) is 12.8 Å². The lowest BCUT2D eigenvalue weighted by molar-refractivity contribution is 0.193. The molecule has 1 atom stereocenters. The third-order valence-corrected chi connectivity index (χ3v) is 1.92. The highest BCUT2D eigenvalue weighted by atomic mass is 32.9. The van der Waals surface area contributed by atoms with Gasteiger partial charge in [0.2, 0.25) is 0 Å². The fourth-order valence-corrected chi connectivity index (χ4v) is 1.55. The summed E-state index contributed by atoms with van der Waals surface area (Å²) in [6.45, 7) is 3.77. The highest BCUT2D eigenvalue weighted by Gasteiger charge is 2.09. The zero-order valence-corrected chi connectivity index (χ0v) is 7.70. The van der Waals surface area contributed by atoms with Crippen molar-refractivity contribution in [1.82, 2.24) is 0 Å². The van der Waals surface area contributed by atoms with Crippen molar-refractivity contribution >= 4 is 20.2 Å². The maximum atomic E-state index is 10.5. The first-order chi connectivity index (χ1) is 4.49. The summed E-state index contributed by atoms with van der Waals surface area (Å²) in [6, 6.07) is 0. The molecule has 1 N–H and O–H groups in total. The molecule has 5 heteroatoms. The zero-order valence-electron chi connectivity index (χ0n) is 6.07. The topological polar surface area (TPSA) is 46.5 Å². The van der Waals surface area contributed by atoms with Gasteiger partial charge in [-0.2, -0.15) is 4.21 Å². The summed E-state index contributed by atoms with van der Waals surface area (Å²) in [7, 11) is -3.41. The first kappa shape index (κ1) is 10.3. The molecule has 0 aliphatic rings. The van der Waals surface area contributed by atoms with E-state index >= 15 is 0 Å². The predicted octanol–water partition coefficient (Wildman–Crippen LogP) is 1.33. The molecule has 0 amide bonds. The van der Waals surface area contributed by atoms with Crippen LogP contribution in [0.3, 0.4) is 0 Å². The van der Waals surface area contributed by atoms with Gasteiger partial charge in [-0.1, -0.05) is 13.8 Å². The van der Waals surface area contributed by atoms with Gasteiger partial charge in [-0.25, -0.2) is 0 Å². The van der Waals surface area contributed by atoms with Crippen LogP contribution >= 0.6 is 0 Å². The van der Waals surface area contributed by atoms with E-state index in [-0.39, 0.29) is 6.10 Å². The minimum Gasteiger partial charge on any atom is -0.285 e. The summed E-state index contributed by atoms with van der Waals surface area (Å²) in [5.74, 6) is 0. The van der Waals surface area contributed by atoms with Crippen molar-refractivity contribution < 1.29 is 12.9 Å². The number of hydrogen-bond acceptors (Lipinski definition) is 3. The average molecular weight is 184 g/mol. The van der Waals surface area contributed by atoms with Crippen LogP contribution in [-0.2, 0) is 24.4 Å². The fraction of sp³-hybridized carbons (Fsp3) is 1.00. The van der Waals surface area contributed by atoms with E-state index in [2.05, 4.69) is 15.4 Å².